The first-order valence-electron chi connectivity index (χ1n) is 7.11. The smallest absolute Gasteiger partial charge is 0.231 e. The molecule has 1 rings (SSSR count). The van der Waals surface area contributed by atoms with Crippen molar-refractivity contribution in [1.82, 2.24) is 15.0 Å². The monoisotopic (exact) mass is 298 g/mol. The summed E-state index contributed by atoms with van der Waals surface area (Å²) in [5.41, 5.74) is 0. The standard InChI is InChI=1S/C13H26N6S/c1-6-14-11-15-12(18(4)9-10-20-5)17-13(16-11)19(7-2)8-3/h6-10H2,1-5H3,(H,14,15,16,17). The van der Waals surface area contributed by atoms with E-state index in [4.69, 9.17) is 0 Å². The molecule has 1 aromatic rings. The van der Waals surface area contributed by atoms with E-state index in [0.29, 0.717) is 5.95 Å². The number of hydrogen-bond acceptors (Lipinski definition) is 7. The van der Waals surface area contributed by atoms with Crippen LogP contribution in [0.15, 0.2) is 0 Å². The van der Waals surface area contributed by atoms with Gasteiger partial charge in [0.15, 0.2) is 0 Å². The van der Waals surface area contributed by atoms with Crippen molar-refractivity contribution in [2.75, 3.05) is 60.4 Å². The fourth-order valence-electron chi connectivity index (χ4n) is 1.74. The molecule has 0 unspecified atom stereocenters. The summed E-state index contributed by atoms with van der Waals surface area (Å²) in [6.45, 7) is 9.76. The average Bonchev–Trinajstić information content (AvgIpc) is 2.46. The van der Waals surface area contributed by atoms with Gasteiger partial charge >= 0.3 is 0 Å². The highest BCUT2D eigenvalue weighted by atomic mass is 32.2. The Hall–Kier alpha value is -1.24. The molecule has 0 amide bonds. The second-order valence-corrected chi connectivity index (χ2v) is 5.36. The van der Waals surface area contributed by atoms with E-state index in [1.54, 1.807) is 0 Å². The van der Waals surface area contributed by atoms with Crippen LogP contribution in [0.3, 0.4) is 0 Å². The van der Waals surface area contributed by atoms with Crippen LogP contribution in [-0.4, -0.2) is 60.2 Å². The minimum Gasteiger partial charge on any atom is -0.354 e. The van der Waals surface area contributed by atoms with Crippen molar-refractivity contribution in [3.05, 3.63) is 0 Å². The Kier molecular flexibility index (Phi) is 7.43. The summed E-state index contributed by atoms with van der Waals surface area (Å²) >= 11 is 1.82. The normalized spacial score (nSPS) is 10.4. The molecule has 0 atom stereocenters. The molecule has 1 heterocycles. The summed E-state index contributed by atoms with van der Waals surface area (Å²) in [7, 11) is 2.02. The van der Waals surface area contributed by atoms with Gasteiger partial charge in [-0.25, -0.2) is 0 Å². The van der Waals surface area contributed by atoms with Crippen molar-refractivity contribution in [2.24, 2.45) is 0 Å². The van der Waals surface area contributed by atoms with E-state index in [1.807, 2.05) is 25.7 Å². The third-order valence-corrected chi connectivity index (χ3v) is 3.56. The zero-order valence-corrected chi connectivity index (χ0v) is 14.0. The lowest BCUT2D eigenvalue weighted by Crippen LogP contribution is -2.28. The van der Waals surface area contributed by atoms with Gasteiger partial charge in [-0.1, -0.05) is 0 Å². The minimum absolute atomic E-state index is 0.649. The van der Waals surface area contributed by atoms with E-state index in [9.17, 15) is 0 Å². The highest BCUT2D eigenvalue weighted by molar-refractivity contribution is 7.98. The van der Waals surface area contributed by atoms with Gasteiger partial charge in [-0.2, -0.15) is 26.7 Å². The van der Waals surface area contributed by atoms with Crippen LogP contribution in [0, 0.1) is 0 Å². The van der Waals surface area contributed by atoms with Crippen LogP contribution in [-0.2, 0) is 0 Å². The number of hydrogen-bond donors (Lipinski definition) is 1. The molecular formula is C13H26N6S. The first kappa shape index (κ1) is 16.8. The fraction of sp³-hybridized carbons (Fsp3) is 0.769. The Morgan fingerprint density at radius 1 is 1.05 bits per heavy atom. The molecule has 0 aliphatic rings. The number of rotatable bonds is 9. The van der Waals surface area contributed by atoms with Crippen molar-refractivity contribution >= 4 is 29.6 Å². The van der Waals surface area contributed by atoms with E-state index in [-0.39, 0.29) is 0 Å². The molecule has 0 saturated carbocycles. The molecule has 0 saturated heterocycles. The molecule has 20 heavy (non-hydrogen) atoms. The molecule has 0 aliphatic heterocycles. The quantitative estimate of drug-likeness (QED) is 0.747. The predicted octanol–water partition coefficient (Wildman–Crippen LogP) is 1.95. The summed E-state index contributed by atoms with van der Waals surface area (Å²) in [6.07, 6.45) is 2.10. The van der Waals surface area contributed by atoms with E-state index in [1.165, 1.54) is 0 Å². The average molecular weight is 298 g/mol. The van der Waals surface area contributed by atoms with E-state index < -0.39 is 0 Å². The number of thioether (sulfide) groups is 1. The molecule has 0 bridgehead atoms. The zero-order chi connectivity index (χ0) is 15.0. The molecular weight excluding hydrogens is 272 g/mol. The van der Waals surface area contributed by atoms with Crippen LogP contribution in [0.1, 0.15) is 20.8 Å². The third kappa shape index (κ3) is 4.70. The first-order valence-corrected chi connectivity index (χ1v) is 8.50. The Morgan fingerprint density at radius 3 is 2.25 bits per heavy atom. The predicted molar refractivity (Wildman–Crippen MR) is 89.2 cm³/mol. The van der Waals surface area contributed by atoms with E-state index in [2.05, 4.69) is 50.2 Å². The molecule has 114 valence electrons. The maximum absolute atomic E-state index is 4.59. The van der Waals surface area contributed by atoms with Crippen LogP contribution >= 0.6 is 11.8 Å². The van der Waals surface area contributed by atoms with Gasteiger partial charge in [-0.3, -0.25) is 0 Å². The molecule has 1 N–H and O–H groups in total. The maximum Gasteiger partial charge on any atom is 0.231 e. The Bertz CT molecular complexity index is 396. The van der Waals surface area contributed by atoms with Gasteiger partial charge in [0.1, 0.15) is 0 Å². The van der Waals surface area contributed by atoms with E-state index >= 15 is 0 Å². The van der Waals surface area contributed by atoms with Gasteiger partial charge in [0.25, 0.3) is 0 Å². The minimum atomic E-state index is 0.649. The summed E-state index contributed by atoms with van der Waals surface area (Å²) in [5, 5.41) is 3.18. The number of nitrogens with one attached hydrogen (secondary N) is 1. The van der Waals surface area contributed by atoms with Gasteiger partial charge in [-0.05, 0) is 27.0 Å². The highest BCUT2D eigenvalue weighted by Crippen LogP contribution is 2.16. The lowest BCUT2D eigenvalue weighted by Gasteiger charge is -2.22. The van der Waals surface area contributed by atoms with Crippen LogP contribution in [0.4, 0.5) is 17.8 Å². The van der Waals surface area contributed by atoms with Crippen molar-refractivity contribution in [3.63, 3.8) is 0 Å². The SMILES string of the molecule is CCNc1nc(N(C)CCSC)nc(N(CC)CC)n1. The Balaban J connectivity index is 3.03. The molecule has 0 spiro atoms. The molecule has 0 aromatic carbocycles. The highest BCUT2D eigenvalue weighted by Gasteiger charge is 2.13. The Morgan fingerprint density at radius 2 is 1.70 bits per heavy atom. The summed E-state index contributed by atoms with van der Waals surface area (Å²) in [4.78, 5) is 17.8. The number of anilines is 3. The molecule has 7 heteroatoms. The van der Waals surface area contributed by atoms with E-state index in [0.717, 1.165) is 43.8 Å². The fourth-order valence-corrected chi connectivity index (χ4v) is 2.19. The van der Waals surface area contributed by atoms with Gasteiger partial charge in [0, 0.05) is 39.0 Å². The number of aromatic nitrogens is 3. The van der Waals surface area contributed by atoms with Crippen LogP contribution in [0.2, 0.25) is 0 Å². The summed E-state index contributed by atoms with van der Waals surface area (Å²) in [5.74, 6) is 3.17. The molecule has 0 fully saturated rings. The van der Waals surface area contributed by atoms with Gasteiger partial charge in [-0.15, -0.1) is 0 Å². The van der Waals surface area contributed by atoms with Crippen molar-refractivity contribution in [1.29, 1.82) is 0 Å². The number of nitrogens with zero attached hydrogens (tertiary/aromatic N) is 5. The largest absolute Gasteiger partial charge is 0.354 e. The second-order valence-electron chi connectivity index (χ2n) is 4.38. The molecule has 1 aromatic heterocycles. The zero-order valence-electron chi connectivity index (χ0n) is 13.2. The van der Waals surface area contributed by atoms with Crippen molar-refractivity contribution < 1.29 is 0 Å². The van der Waals surface area contributed by atoms with Gasteiger partial charge < -0.3 is 15.1 Å². The lowest BCUT2D eigenvalue weighted by molar-refractivity contribution is 0.798. The van der Waals surface area contributed by atoms with Crippen LogP contribution < -0.4 is 15.1 Å². The summed E-state index contributed by atoms with van der Waals surface area (Å²) < 4.78 is 0. The first-order chi connectivity index (χ1) is 9.65. The third-order valence-electron chi connectivity index (χ3n) is 2.97. The molecule has 0 radical (unpaired) electrons. The second kappa shape index (κ2) is 8.84. The molecule has 0 aliphatic carbocycles. The lowest BCUT2D eigenvalue weighted by atomic mass is 10.5. The van der Waals surface area contributed by atoms with Crippen LogP contribution in [0.5, 0.6) is 0 Å². The Labute approximate surface area is 126 Å². The maximum atomic E-state index is 4.59. The van der Waals surface area contributed by atoms with Gasteiger partial charge in [0.05, 0.1) is 0 Å². The van der Waals surface area contributed by atoms with Crippen LogP contribution in [0.25, 0.3) is 0 Å². The van der Waals surface area contributed by atoms with Crippen molar-refractivity contribution in [2.45, 2.75) is 20.8 Å². The van der Waals surface area contributed by atoms with Gasteiger partial charge in [0.2, 0.25) is 17.8 Å². The van der Waals surface area contributed by atoms with Crippen molar-refractivity contribution in [3.8, 4) is 0 Å². The molecule has 6 nitrogen and oxygen atoms in total. The summed E-state index contributed by atoms with van der Waals surface area (Å²) in [6, 6.07) is 0. The topological polar surface area (TPSA) is 57.2 Å².